The quantitative estimate of drug-likeness (QED) is 0.372. The third-order valence-corrected chi connectivity index (χ3v) is 6.87. The van der Waals surface area contributed by atoms with Crippen molar-refractivity contribution in [2.45, 2.75) is 38.3 Å². The van der Waals surface area contributed by atoms with Crippen molar-refractivity contribution in [3.63, 3.8) is 0 Å². The number of imidazole rings is 1. The lowest BCUT2D eigenvalue weighted by molar-refractivity contribution is -0.142. The lowest BCUT2D eigenvalue weighted by Gasteiger charge is -2.32. The fourth-order valence-corrected chi connectivity index (χ4v) is 4.74. The Morgan fingerprint density at radius 1 is 1.03 bits per heavy atom. The van der Waals surface area contributed by atoms with Crippen LogP contribution >= 0.6 is 0 Å². The minimum Gasteiger partial charge on any atom is -0.339 e. The number of anilines is 1. The van der Waals surface area contributed by atoms with E-state index < -0.39 is 17.8 Å². The lowest BCUT2D eigenvalue weighted by atomic mass is 9.89. The summed E-state index contributed by atoms with van der Waals surface area (Å²) in [6.07, 6.45) is 0.630. The number of hydrogen-bond donors (Lipinski definition) is 1. The average molecular weight is 522 g/mol. The summed E-state index contributed by atoms with van der Waals surface area (Å²) in [6, 6.07) is 14.7. The van der Waals surface area contributed by atoms with Crippen molar-refractivity contribution in [2.24, 2.45) is 0 Å². The van der Waals surface area contributed by atoms with Crippen LogP contribution < -0.4 is 5.32 Å². The summed E-state index contributed by atoms with van der Waals surface area (Å²) in [5.74, 6) is -0.322. The minimum atomic E-state index is -4.56. The molecule has 0 spiro atoms. The molecule has 2 amide bonds. The van der Waals surface area contributed by atoms with Crippen LogP contribution in [0.1, 0.15) is 63.5 Å². The summed E-state index contributed by atoms with van der Waals surface area (Å²) in [5.41, 5.74) is 2.20. The molecule has 3 aromatic heterocycles. The number of amides is 2. The van der Waals surface area contributed by atoms with Gasteiger partial charge in [0.05, 0.1) is 5.56 Å². The van der Waals surface area contributed by atoms with E-state index in [-0.39, 0.29) is 23.2 Å². The Hall–Kier alpha value is -4.21. The molecule has 4 heterocycles. The van der Waals surface area contributed by atoms with E-state index in [0.29, 0.717) is 24.3 Å². The van der Waals surface area contributed by atoms with Gasteiger partial charge in [0.2, 0.25) is 0 Å². The molecule has 10 heteroatoms. The van der Waals surface area contributed by atoms with Crippen LogP contribution in [-0.4, -0.2) is 44.2 Å². The number of likely N-dealkylation sites (tertiary alicyclic amines) is 1. The summed E-state index contributed by atoms with van der Waals surface area (Å²) < 4.78 is 40.6. The Kier molecular flexibility index (Phi) is 6.88. The molecule has 1 saturated heterocycles. The Morgan fingerprint density at radius 2 is 1.76 bits per heavy atom. The van der Waals surface area contributed by atoms with Crippen LogP contribution in [0.25, 0.3) is 5.65 Å². The Bertz CT molecular complexity index is 1450. The molecule has 0 aliphatic carbocycles. The second-order valence-electron chi connectivity index (χ2n) is 9.30. The van der Waals surface area contributed by atoms with Gasteiger partial charge in [0, 0.05) is 36.9 Å². The summed E-state index contributed by atoms with van der Waals surface area (Å²) in [4.78, 5) is 35.7. The molecule has 0 unspecified atom stereocenters. The zero-order valence-electron chi connectivity index (χ0n) is 20.7. The first kappa shape index (κ1) is 25.4. The van der Waals surface area contributed by atoms with Crippen LogP contribution in [0.3, 0.4) is 0 Å². The number of halogens is 3. The highest BCUT2D eigenvalue weighted by Crippen LogP contribution is 2.31. The van der Waals surface area contributed by atoms with E-state index in [4.69, 9.17) is 0 Å². The number of nitrogens with zero attached hydrogens (tertiary/aromatic N) is 4. The molecule has 0 saturated carbocycles. The number of carbonyl (C=O) groups is 2. The molecule has 1 aromatic carbocycles. The van der Waals surface area contributed by atoms with Gasteiger partial charge in [-0.3, -0.25) is 19.0 Å². The molecule has 38 heavy (non-hydrogen) atoms. The third-order valence-electron chi connectivity index (χ3n) is 6.87. The molecule has 5 rings (SSSR count). The van der Waals surface area contributed by atoms with E-state index in [1.807, 2.05) is 36.1 Å². The first-order valence-corrected chi connectivity index (χ1v) is 12.4. The minimum absolute atomic E-state index is 0.00837. The van der Waals surface area contributed by atoms with Gasteiger partial charge in [-0.15, -0.1) is 0 Å². The highest BCUT2D eigenvalue weighted by molar-refractivity contribution is 6.03. The lowest BCUT2D eigenvalue weighted by Crippen LogP contribution is -2.38. The van der Waals surface area contributed by atoms with Gasteiger partial charge in [-0.05, 0) is 67.1 Å². The Labute approximate surface area is 217 Å². The smallest absolute Gasteiger partial charge is 0.339 e. The number of pyridine rings is 2. The Morgan fingerprint density at radius 3 is 2.39 bits per heavy atom. The molecule has 196 valence electrons. The monoisotopic (exact) mass is 521 g/mol. The number of carbonyl (C=O) groups excluding carboxylic acids is 2. The van der Waals surface area contributed by atoms with Crippen LogP contribution in [0.15, 0.2) is 67.0 Å². The second-order valence-corrected chi connectivity index (χ2v) is 9.30. The average Bonchev–Trinajstić information content (AvgIpc) is 3.37. The van der Waals surface area contributed by atoms with E-state index >= 15 is 0 Å². The number of alkyl halides is 3. The number of nitrogens with one attached hydrogen (secondary N) is 1. The van der Waals surface area contributed by atoms with Crippen molar-refractivity contribution in [2.75, 3.05) is 18.4 Å². The standard InChI is InChI=1S/C28H26F3N5O2/c1-2-21-9-8-20(16-32-21)27(38)35-14-12-19(13-15-35)18-6-10-22(11-7-18)33-26(37)23-17-36-24(28(29,30)31)4-3-5-25(36)34-23/h3-11,16-17,19H,2,12-15H2,1H3,(H,33,37). The molecule has 0 radical (unpaired) electrons. The van der Waals surface area contributed by atoms with Crippen molar-refractivity contribution in [1.82, 2.24) is 19.3 Å². The predicted octanol–water partition coefficient (Wildman–Crippen LogP) is 5.58. The number of aromatic nitrogens is 3. The Balaban J connectivity index is 1.20. The van der Waals surface area contributed by atoms with Crippen molar-refractivity contribution in [3.05, 3.63) is 95.2 Å². The van der Waals surface area contributed by atoms with E-state index in [0.717, 1.165) is 47.2 Å². The maximum atomic E-state index is 13.3. The van der Waals surface area contributed by atoms with Crippen molar-refractivity contribution in [3.8, 4) is 0 Å². The van der Waals surface area contributed by atoms with Crippen molar-refractivity contribution in [1.29, 1.82) is 0 Å². The number of benzene rings is 1. The van der Waals surface area contributed by atoms with Crippen LogP contribution in [0.4, 0.5) is 18.9 Å². The van der Waals surface area contributed by atoms with Crippen LogP contribution in [0.2, 0.25) is 0 Å². The molecule has 1 fully saturated rings. The first-order valence-electron chi connectivity index (χ1n) is 12.4. The van der Waals surface area contributed by atoms with Gasteiger partial charge in [-0.25, -0.2) is 4.98 Å². The molecule has 0 atom stereocenters. The summed E-state index contributed by atoms with van der Waals surface area (Å²) in [6.45, 7) is 3.31. The van der Waals surface area contributed by atoms with Gasteiger partial charge < -0.3 is 10.2 Å². The maximum Gasteiger partial charge on any atom is 0.431 e. The van der Waals surface area contributed by atoms with Crippen molar-refractivity contribution >= 4 is 23.1 Å². The fraction of sp³-hybridized carbons (Fsp3) is 0.286. The SMILES string of the molecule is CCc1ccc(C(=O)N2CCC(c3ccc(NC(=O)c4cn5c(C(F)(F)F)cccc5n4)cc3)CC2)cn1. The number of hydrogen-bond acceptors (Lipinski definition) is 4. The van der Waals surface area contributed by atoms with Gasteiger partial charge in [-0.1, -0.05) is 25.1 Å². The summed E-state index contributed by atoms with van der Waals surface area (Å²) in [7, 11) is 0. The van der Waals surface area contributed by atoms with Crippen LogP contribution in [0.5, 0.6) is 0 Å². The van der Waals surface area contributed by atoms with E-state index in [1.54, 1.807) is 18.3 Å². The van der Waals surface area contributed by atoms with Crippen LogP contribution in [-0.2, 0) is 12.6 Å². The highest BCUT2D eigenvalue weighted by atomic mass is 19.4. The van der Waals surface area contributed by atoms with Gasteiger partial charge in [0.1, 0.15) is 17.0 Å². The third kappa shape index (κ3) is 5.25. The highest BCUT2D eigenvalue weighted by Gasteiger charge is 2.33. The summed E-state index contributed by atoms with van der Waals surface area (Å²) in [5, 5.41) is 2.70. The number of aryl methyl sites for hydroxylation is 1. The maximum absolute atomic E-state index is 13.3. The topological polar surface area (TPSA) is 79.6 Å². The molecule has 4 aromatic rings. The van der Waals surface area contributed by atoms with Gasteiger partial charge >= 0.3 is 6.18 Å². The summed E-state index contributed by atoms with van der Waals surface area (Å²) >= 11 is 0. The zero-order chi connectivity index (χ0) is 26.9. The van der Waals surface area contributed by atoms with E-state index in [2.05, 4.69) is 15.3 Å². The van der Waals surface area contributed by atoms with Crippen LogP contribution in [0, 0.1) is 0 Å². The van der Waals surface area contributed by atoms with E-state index in [9.17, 15) is 22.8 Å². The second kappa shape index (κ2) is 10.3. The fourth-order valence-electron chi connectivity index (χ4n) is 4.74. The van der Waals surface area contributed by atoms with Crippen molar-refractivity contribution < 1.29 is 22.8 Å². The zero-order valence-corrected chi connectivity index (χ0v) is 20.7. The largest absolute Gasteiger partial charge is 0.431 e. The number of fused-ring (bicyclic) bond motifs is 1. The predicted molar refractivity (Wildman–Crippen MR) is 136 cm³/mol. The molecule has 1 N–H and O–H groups in total. The molecular weight excluding hydrogens is 495 g/mol. The molecule has 1 aliphatic rings. The number of piperidine rings is 1. The first-order chi connectivity index (χ1) is 18.2. The normalized spacial score (nSPS) is 14.6. The van der Waals surface area contributed by atoms with Gasteiger partial charge in [0.15, 0.2) is 0 Å². The van der Waals surface area contributed by atoms with Gasteiger partial charge in [0.25, 0.3) is 11.8 Å². The molecule has 0 bridgehead atoms. The molecule has 7 nitrogen and oxygen atoms in total. The number of rotatable bonds is 5. The van der Waals surface area contributed by atoms with E-state index in [1.165, 1.54) is 12.1 Å². The molecular formula is C28H26F3N5O2. The molecule has 1 aliphatic heterocycles. The van der Waals surface area contributed by atoms with Gasteiger partial charge in [-0.2, -0.15) is 13.2 Å².